The molecule has 1 saturated carbocycles. The second-order valence-electron chi connectivity index (χ2n) is 6.12. The first-order valence-electron chi connectivity index (χ1n) is 7.84. The van der Waals surface area contributed by atoms with Crippen LogP contribution in [-0.2, 0) is 0 Å². The van der Waals surface area contributed by atoms with Crippen LogP contribution < -0.4 is 4.74 Å². The van der Waals surface area contributed by atoms with Gasteiger partial charge >= 0.3 is 0 Å². The summed E-state index contributed by atoms with van der Waals surface area (Å²) in [6, 6.07) is 10.6. The van der Waals surface area contributed by atoms with Crippen LogP contribution in [0.3, 0.4) is 0 Å². The van der Waals surface area contributed by atoms with Gasteiger partial charge < -0.3 is 9.30 Å². The van der Waals surface area contributed by atoms with Gasteiger partial charge in [0.2, 0.25) is 0 Å². The molecular weight excluding hydrogens is 286 g/mol. The Hall–Kier alpha value is -2.62. The molecule has 2 heterocycles. The van der Waals surface area contributed by atoms with Crippen LogP contribution in [0.5, 0.6) is 5.75 Å². The fourth-order valence-corrected chi connectivity index (χ4v) is 3.13. The molecule has 0 radical (unpaired) electrons. The monoisotopic (exact) mass is 305 g/mol. The maximum atomic E-state index is 5.23. The number of hydrogen-bond acceptors (Lipinski definition) is 3. The second-order valence-corrected chi connectivity index (χ2v) is 6.12. The minimum absolute atomic E-state index is 0.556. The lowest BCUT2D eigenvalue weighted by atomic mass is 10.1. The Morgan fingerprint density at radius 3 is 2.57 bits per heavy atom. The predicted molar refractivity (Wildman–Crippen MR) is 89.2 cm³/mol. The lowest BCUT2D eigenvalue weighted by Crippen LogP contribution is -1.94. The average molecular weight is 305 g/mol. The molecule has 4 rings (SSSR count). The first-order chi connectivity index (χ1) is 11.2. The fraction of sp³-hybridized carbons (Fsp3) is 0.263. The van der Waals surface area contributed by atoms with Crippen LogP contribution in [0.2, 0.25) is 0 Å². The van der Waals surface area contributed by atoms with Gasteiger partial charge in [-0.25, -0.2) is 4.98 Å². The fourth-order valence-electron chi connectivity index (χ4n) is 3.13. The van der Waals surface area contributed by atoms with E-state index in [4.69, 9.17) is 4.74 Å². The summed E-state index contributed by atoms with van der Waals surface area (Å²) < 4.78 is 7.25. The standard InChI is InChI=1S/C19H19N3O/c1-13-11-22(12-21-13)16-7-15(9-20-10-16)19-8-18(19)14-3-5-17(23-2)6-4-14/h3-7,9-12,18-19H,8H2,1-2H3/t18-,19-/m0/s1. The Morgan fingerprint density at radius 1 is 1.09 bits per heavy atom. The molecule has 116 valence electrons. The third kappa shape index (κ3) is 2.72. The lowest BCUT2D eigenvalue weighted by molar-refractivity contribution is 0.414. The van der Waals surface area contributed by atoms with Crippen LogP contribution in [0.15, 0.2) is 55.2 Å². The summed E-state index contributed by atoms with van der Waals surface area (Å²) in [5.74, 6) is 2.05. The summed E-state index contributed by atoms with van der Waals surface area (Å²) in [4.78, 5) is 8.70. The second kappa shape index (κ2) is 5.54. The van der Waals surface area contributed by atoms with E-state index in [9.17, 15) is 0 Å². The molecule has 4 nitrogen and oxygen atoms in total. The summed E-state index contributed by atoms with van der Waals surface area (Å²) >= 11 is 0. The van der Waals surface area contributed by atoms with Crippen LogP contribution in [-0.4, -0.2) is 21.6 Å². The van der Waals surface area contributed by atoms with Crippen LogP contribution in [0, 0.1) is 6.92 Å². The maximum absolute atomic E-state index is 5.23. The van der Waals surface area contributed by atoms with Crippen LogP contribution in [0.4, 0.5) is 0 Å². The first kappa shape index (κ1) is 14.0. The molecule has 0 N–H and O–H groups in total. The molecule has 1 aliphatic carbocycles. The molecule has 0 aliphatic heterocycles. The highest BCUT2D eigenvalue weighted by Gasteiger charge is 2.39. The van der Waals surface area contributed by atoms with E-state index in [2.05, 4.69) is 28.2 Å². The number of nitrogens with zero attached hydrogens (tertiary/aromatic N) is 3. The van der Waals surface area contributed by atoms with E-state index in [1.807, 2.05) is 48.5 Å². The van der Waals surface area contributed by atoms with Gasteiger partial charge in [-0.15, -0.1) is 0 Å². The van der Waals surface area contributed by atoms with E-state index in [1.165, 1.54) is 17.5 Å². The highest BCUT2D eigenvalue weighted by molar-refractivity contribution is 5.41. The molecular formula is C19H19N3O. The largest absolute Gasteiger partial charge is 0.497 e. The topological polar surface area (TPSA) is 39.9 Å². The number of hydrogen-bond donors (Lipinski definition) is 0. The van der Waals surface area contributed by atoms with Crippen molar-refractivity contribution < 1.29 is 4.74 Å². The molecule has 23 heavy (non-hydrogen) atoms. The van der Waals surface area contributed by atoms with Crippen molar-refractivity contribution in [2.75, 3.05) is 7.11 Å². The van der Waals surface area contributed by atoms with Gasteiger partial charge in [-0.05, 0) is 54.5 Å². The molecule has 2 aromatic heterocycles. The molecule has 1 aliphatic rings. The van der Waals surface area contributed by atoms with Gasteiger partial charge in [0.1, 0.15) is 5.75 Å². The van der Waals surface area contributed by atoms with Gasteiger partial charge in [0.25, 0.3) is 0 Å². The van der Waals surface area contributed by atoms with Gasteiger partial charge in [-0.1, -0.05) is 12.1 Å². The Kier molecular flexibility index (Phi) is 3.37. The SMILES string of the molecule is COc1ccc([C@@H]2C[C@H]2c2cncc(-n3cnc(C)c3)c2)cc1. The van der Waals surface area contributed by atoms with E-state index in [0.29, 0.717) is 11.8 Å². The van der Waals surface area contributed by atoms with Crippen molar-refractivity contribution in [2.45, 2.75) is 25.2 Å². The summed E-state index contributed by atoms with van der Waals surface area (Å²) in [7, 11) is 1.70. The molecule has 0 spiro atoms. The van der Waals surface area contributed by atoms with E-state index < -0.39 is 0 Å². The number of imidazole rings is 1. The van der Waals surface area contributed by atoms with Crippen molar-refractivity contribution in [3.8, 4) is 11.4 Å². The molecule has 0 saturated heterocycles. The third-order valence-corrected chi connectivity index (χ3v) is 4.52. The van der Waals surface area contributed by atoms with Crippen molar-refractivity contribution in [3.05, 3.63) is 72.1 Å². The summed E-state index contributed by atoms with van der Waals surface area (Å²) in [6.45, 7) is 1.99. The number of ether oxygens (including phenoxy) is 1. The number of aromatic nitrogens is 3. The lowest BCUT2D eigenvalue weighted by Gasteiger charge is -2.06. The van der Waals surface area contributed by atoms with Gasteiger partial charge in [0.05, 0.1) is 31.0 Å². The molecule has 3 aromatic rings. The quantitative estimate of drug-likeness (QED) is 0.735. The molecule has 1 aromatic carbocycles. The molecule has 0 unspecified atom stereocenters. The maximum Gasteiger partial charge on any atom is 0.118 e. The first-order valence-corrected chi connectivity index (χ1v) is 7.84. The Balaban J connectivity index is 1.55. The van der Waals surface area contributed by atoms with Crippen molar-refractivity contribution in [1.29, 1.82) is 0 Å². The average Bonchev–Trinajstić information content (AvgIpc) is 3.29. The van der Waals surface area contributed by atoms with Crippen molar-refractivity contribution in [1.82, 2.24) is 14.5 Å². The van der Waals surface area contributed by atoms with Gasteiger partial charge in [-0.2, -0.15) is 0 Å². The van der Waals surface area contributed by atoms with Gasteiger partial charge in [-0.3, -0.25) is 4.98 Å². The summed E-state index contributed by atoms with van der Waals surface area (Å²) in [6.07, 6.45) is 8.91. The Morgan fingerprint density at radius 2 is 1.87 bits per heavy atom. The zero-order chi connectivity index (χ0) is 15.8. The number of methoxy groups -OCH3 is 1. The van der Waals surface area contributed by atoms with Crippen LogP contribution >= 0.6 is 0 Å². The van der Waals surface area contributed by atoms with Crippen molar-refractivity contribution in [2.24, 2.45) is 0 Å². The van der Waals surface area contributed by atoms with Gasteiger partial charge in [0, 0.05) is 12.4 Å². The normalized spacial score (nSPS) is 19.6. The highest BCUT2D eigenvalue weighted by Crippen LogP contribution is 2.54. The molecule has 0 bridgehead atoms. The predicted octanol–water partition coefficient (Wildman–Crippen LogP) is 3.86. The number of aryl methyl sites for hydroxylation is 1. The van der Waals surface area contributed by atoms with Crippen LogP contribution in [0.25, 0.3) is 5.69 Å². The number of pyridine rings is 1. The minimum Gasteiger partial charge on any atom is -0.497 e. The highest BCUT2D eigenvalue weighted by atomic mass is 16.5. The van der Waals surface area contributed by atoms with Crippen LogP contribution in [0.1, 0.15) is 35.1 Å². The molecule has 1 fully saturated rings. The minimum atomic E-state index is 0.556. The molecule has 0 amide bonds. The number of rotatable bonds is 4. The zero-order valence-corrected chi connectivity index (χ0v) is 13.3. The van der Waals surface area contributed by atoms with E-state index in [0.717, 1.165) is 17.1 Å². The summed E-state index contributed by atoms with van der Waals surface area (Å²) in [5, 5.41) is 0. The van der Waals surface area contributed by atoms with Crippen molar-refractivity contribution in [3.63, 3.8) is 0 Å². The third-order valence-electron chi connectivity index (χ3n) is 4.52. The van der Waals surface area contributed by atoms with E-state index in [-0.39, 0.29) is 0 Å². The number of benzene rings is 1. The molecule has 2 atom stereocenters. The smallest absolute Gasteiger partial charge is 0.118 e. The zero-order valence-electron chi connectivity index (χ0n) is 13.3. The summed E-state index contributed by atoms with van der Waals surface area (Å²) in [5.41, 5.74) is 4.76. The van der Waals surface area contributed by atoms with E-state index >= 15 is 0 Å². The van der Waals surface area contributed by atoms with E-state index in [1.54, 1.807) is 7.11 Å². The Bertz CT molecular complexity index is 823. The van der Waals surface area contributed by atoms with Crippen molar-refractivity contribution >= 4 is 0 Å². The van der Waals surface area contributed by atoms with Gasteiger partial charge in [0.15, 0.2) is 0 Å². The Labute approximate surface area is 135 Å². The molecule has 4 heteroatoms.